The fourth-order valence-electron chi connectivity index (χ4n) is 1.82. The first-order chi connectivity index (χ1) is 9.11. The number of esters is 1. The van der Waals surface area contributed by atoms with Crippen molar-refractivity contribution in [2.75, 3.05) is 53.2 Å². The SMILES string of the molecule is COCC(C)OCC(C)OC(=O)CN1CCOCC1. The molecule has 6 heteroatoms. The number of hydrogen-bond donors (Lipinski definition) is 0. The first-order valence-electron chi connectivity index (χ1n) is 6.72. The van der Waals surface area contributed by atoms with Gasteiger partial charge in [-0.3, -0.25) is 9.69 Å². The molecule has 0 spiro atoms. The Balaban J connectivity index is 2.12. The average Bonchev–Trinajstić information content (AvgIpc) is 2.38. The van der Waals surface area contributed by atoms with E-state index in [1.165, 1.54) is 0 Å². The number of methoxy groups -OCH3 is 1. The van der Waals surface area contributed by atoms with Crippen molar-refractivity contribution >= 4 is 5.97 Å². The summed E-state index contributed by atoms with van der Waals surface area (Å²) in [6.07, 6.45) is -0.238. The normalized spacial score (nSPS) is 19.9. The highest BCUT2D eigenvalue weighted by Crippen LogP contribution is 2.01. The van der Waals surface area contributed by atoms with Crippen molar-refractivity contribution in [3.8, 4) is 0 Å². The molecule has 1 fully saturated rings. The van der Waals surface area contributed by atoms with Gasteiger partial charge in [-0.15, -0.1) is 0 Å². The Morgan fingerprint density at radius 2 is 1.89 bits per heavy atom. The lowest BCUT2D eigenvalue weighted by Crippen LogP contribution is -2.41. The van der Waals surface area contributed by atoms with E-state index in [-0.39, 0.29) is 18.2 Å². The molecule has 2 unspecified atom stereocenters. The molecule has 19 heavy (non-hydrogen) atoms. The van der Waals surface area contributed by atoms with Crippen molar-refractivity contribution in [3.63, 3.8) is 0 Å². The molecule has 112 valence electrons. The molecule has 1 heterocycles. The van der Waals surface area contributed by atoms with E-state index in [0.29, 0.717) is 33.0 Å². The van der Waals surface area contributed by atoms with Crippen molar-refractivity contribution in [1.29, 1.82) is 0 Å². The molecule has 0 aromatic carbocycles. The monoisotopic (exact) mass is 275 g/mol. The van der Waals surface area contributed by atoms with Crippen LogP contribution in [-0.2, 0) is 23.7 Å². The van der Waals surface area contributed by atoms with Gasteiger partial charge in [-0.1, -0.05) is 0 Å². The summed E-state index contributed by atoms with van der Waals surface area (Å²) in [4.78, 5) is 13.7. The van der Waals surface area contributed by atoms with Crippen molar-refractivity contribution in [3.05, 3.63) is 0 Å². The van der Waals surface area contributed by atoms with Crippen LogP contribution in [0.15, 0.2) is 0 Å². The second-order valence-electron chi connectivity index (χ2n) is 4.79. The minimum absolute atomic E-state index is 0.00500. The van der Waals surface area contributed by atoms with Crippen molar-refractivity contribution in [2.24, 2.45) is 0 Å². The second-order valence-corrected chi connectivity index (χ2v) is 4.79. The summed E-state index contributed by atoms with van der Waals surface area (Å²) >= 11 is 0. The molecule has 1 aliphatic rings. The predicted octanol–water partition coefficient (Wildman–Crippen LogP) is 0.302. The molecule has 0 saturated carbocycles. The minimum atomic E-state index is -0.243. The molecule has 1 saturated heterocycles. The van der Waals surface area contributed by atoms with E-state index in [4.69, 9.17) is 18.9 Å². The number of nitrogens with zero attached hydrogens (tertiary/aromatic N) is 1. The Morgan fingerprint density at radius 1 is 1.21 bits per heavy atom. The van der Waals surface area contributed by atoms with Crippen LogP contribution in [0, 0.1) is 0 Å². The van der Waals surface area contributed by atoms with Crippen LogP contribution in [0.1, 0.15) is 13.8 Å². The van der Waals surface area contributed by atoms with Gasteiger partial charge in [0.25, 0.3) is 0 Å². The van der Waals surface area contributed by atoms with Crippen LogP contribution in [0.2, 0.25) is 0 Å². The first kappa shape index (κ1) is 16.4. The summed E-state index contributed by atoms with van der Waals surface area (Å²) in [5.41, 5.74) is 0. The Hall–Kier alpha value is -0.690. The van der Waals surface area contributed by atoms with E-state index < -0.39 is 0 Å². The van der Waals surface area contributed by atoms with Crippen LogP contribution >= 0.6 is 0 Å². The third-order valence-electron chi connectivity index (χ3n) is 2.81. The van der Waals surface area contributed by atoms with Crippen LogP contribution in [0.25, 0.3) is 0 Å². The molecule has 0 radical (unpaired) electrons. The Labute approximate surface area is 114 Å². The standard InChI is InChI=1S/C13H25NO5/c1-11(9-16-3)18-10-12(2)19-13(15)8-14-4-6-17-7-5-14/h11-12H,4-10H2,1-3H3. The molecule has 1 aliphatic heterocycles. The van der Waals surface area contributed by atoms with E-state index >= 15 is 0 Å². The van der Waals surface area contributed by atoms with Crippen LogP contribution < -0.4 is 0 Å². The van der Waals surface area contributed by atoms with Gasteiger partial charge in [-0.25, -0.2) is 0 Å². The van der Waals surface area contributed by atoms with E-state index in [2.05, 4.69) is 0 Å². The Morgan fingerprint density at radius 3 is 2.53 bits per heavy atom. The Kier molecular flexibility index (Phi) is 7.97. The van der Waals surface area contributed by atoms with Crippen LogP contribution in [0.4, 0.5) is 0 Å². The maximum Gasteiger partial charge on any atom is 0.320 e. The van der Waals surface area contributed by atoms with Crippen molar-refractivity contribution < 1.29 is 23.7 Å². The van der Waals surface area contributed by atoms with Crippen molar-refractivity contribution in [2.45, 2.75) is 26.1 Å². The van der Waals surface area contributed by atoms with Gasteiger partial charge in [-0.05, 0) is 13.8 Å². The molecule has 1 rings (SSSR count). The van der Waals surface area contributed by atoms with Crippen molar-refractivity contribution in [1.82, 2.24) is 4.90 Å². The van der Waals surface area contributed by atoms with Gasteiger partial charge in [0.2, 0.25) is 0 Å². The molecule has 0 aromatic rings. The third kappa shape index (κ3) is 7.47. The summed E-state index contributed by atoms with van der Waals surface area (Å²) in [6.45, 7) is 7.92. The molecule has 0 amide bonds. The van der Waals surface area contributed by atoms with Crippen LogP contribution in [-0.4, -0.2) is 76.2 Å². The zero-order chi connectivity index (χ0) is 14.1. The molecule has 6 nitrogen and oxygen atoms in total. The van der Waals surface area contributed by atoms with Gasteiger partial charge in [-0.2, -0.15) is 0 Å². The van der Waals surface area contributed by atoms with Crippen LogP contribution in [0.5, 0.6) is 0 Å². The maximum atomic E-state index is 11.7. The number of rotatable bonds is 8. The summed E-state index contributed by atoms with van der Waals surface area (Å²) < 4.78 is 21.0. The van der Waals surface area contributed by atoms with Gasteiger partial charge < -0.3 is 18.9 Å². The topological polar surface area (TPSA) is 57.2 Å². The Bertz CT molecular complexity index is 255. The average molecular weight is 275 g/mol. The van der Waals surface area contributed by atoms with E-state index in [1.807, 2.05) is 18.7 Å². The minimum Gasteiger partial charge on any atom is -0.459 e. The highest BCUT2D eigenvalue weighted by Gasteiger charge is 2.17. The van der Waals surface area contributed by atoms with Gasteiger partial charge >= 0.3 is 5.97 Å². The molecule has 0 bridgehead atoms. The number of hydrogen-bond acceptors (Lipinski definition) is 6. The van der Waals surface area contributed by atoms with E-state index in [0.717, 1.165) is 13.1 Å². The lowest BCUT2D eigenvalue weighted by Gasteiger charge is -2.26. The zero-order valence-corrected chi connectivity index (χ0v) is 12.1. The molecule has 0 N–H and O–H groups in total. The van der Waals surface area contributed by atoms with Gasteiger partial charge in [0.15, 0.2) is 0 Å². The maximum absolute atomic E-state index is 11.7. The van der Waals surface area contributed by atoms with Crippen LogP contribution in [0.3, 0.4) is 0 Å². The lowest BCUT2D eigenvalue weighted by atomic mass is 10.4. The summed E-state index contributed by atoms with van der Waals surface area (Å²) in [6, 6.07) is 0. The first-order valence-corrected chi connectivity index (χ1v) is 6.72. The lowest BCUT2D eigenvalue weighted by molar-refractivity contribution is -0.154. The largest absolute Gasteiger partial charge is 0.459 e. The number of carbonyl (C=O) groups is 1. The van der Waals surface area contributed by atoms with Gasteiger partial charge in [0.1, 0.15) is 6.10 Å². The fourth-order valence-corrected chi connectivity index (χ4v) is 1.82. The highest BCUT2D eigenvalue weighted by molar-refractivity contribution is 5.71. The van der Waals surface area contributed by atoms with Gasteiger partial charge in [0.05, 0.1) is 39.1 Å². The fraction of sp³-hybridized carbons (Fsp3) is 0.923. The third-order valence-corrected chi connectivity index (χ3v) is 2.81. The number of ether oxygens (including phenoxy) is 4. The van der Waals surface area contributed by atoms with Gasteiger partial charge in [0, 0.05) is 20.2 Å². The number of carbonyl (C=O) groups excluding carboxylic acids is 1. The molecular formula is C13H25NO5. The summed E-state index contributed by atoms with van der Waals surface area (Å²) in [5, 5.41) is 0. The zero-order valence-electron chi connectivity index (χ0n) is 12.1. The second kappa shape index (κ2) is 9.25. The predicted molar refractivity (Wildman–Crippen MR) is 70.1 cm³/mol. The number of morpholine rings is 1. The highest BCUT2D eigenvalue weighted by atomic mass is 16.6. The smallest absolute Gasteiger partial charge is 0.320 e. The van der Waals surface area contributed by atoms with E-state index in [9.17, 15) is 4.79 Å². The molecular weight excluding hydrogens is 250 g/mol. The molecule has 0 aliphatic carbocycles. The molecule has 0 aromatic heterocycles. The van der Waals surface area contributed by atoms with E-state index in [1.54, 1.807) is 7.11 Å². The summed E-state index contributed by atoms with van der Waals surface area (Å²) in [5.74, 6) is -0.211. The summed E-state index contributed by atoms with van der Waals surface area (Å²) in [7, 11) is 1.63. The molecule has 2 atom stereocenters. The quantitative estimate of drug-likeness (QED) is 0.594.